The van der Waals surface area contributed by atoms with Crippen molar-refractivity contribution in [1.29, 1.82) is 0 Å². The SMILES string of the molecule is CCNc1cncc(C(=O)NC(C)CCN(C)C)n1. The minimum atomic E-state index is -0.182. The van der Waals surface area contributed by atoms with E-state index in [-0.39, 0.29) is 11.9 Å². The molecule has 0 saturated heterocycles. The van der Waals surface area contributed by atoms with Gasteiger partial charge in [-0.3, -0.25) is 9.78 Å². The molecular weight excluding hydrogens is 242 g/mol. The maximum Gasteiger partial charge on any atom is 0.271 e. The second kappa shape index (κ2) is 7.68. The van der Waals surface area contributed by atoms with Crippen LogP contribution in [-0.4, -0.2) is 54.0 Å². The summed E-state index contributed by atoms with van der Waals surface area (Å²) in [5.41, 5.74) is 0.343. The summed E-state index contributed by atoms with van der Waals surface area (Å²) < 4.78 is 0. The molecule has 0 fully saturated rings. The molecule has 0 aliphatic heterocycles. The Morgan fingerprint density at radius 2 is 2.16 bits per heavy atom. The Morgan fingerprint density at radius 1 is 1.42 bits per heavy atom. The van der Waals surface area contributed by atoms with Crippen LogP contribution < -0.4 is 10.6 Å². The quantitative estimate of drug-likeness (QED) is 0.769. The van der Waals surface area contributed by atoms with Crippen LogP contribution in [-0.2, 0) is 0 Å². The Balaban J connectivity index is 2.55. The maximum atomic E-state index is 12.0. The normalized spacial score (nSPS) is 12.3. The van der Waals surface area contributed by atoms with Crippen molar-refractivity contribution >= 4 is 11.7 Å². The first-order valence-corrected chi connectivity index (χ1v) is 6.54. The molecule has 0 aliphatic carbocycles. The van der Waals surface area contributed by atoms with Crippen LogP contribution in [0.15, 0.2) is 12.4 Å². The highest BCUT2D eigenvalue weighted by Gasteiger charge is 2.12. The average Bonchev–Trinajstić information content (AvgIpc) is 2.37. The lowest BCUT2D eigenvalue weighted by molar-refractivity contribution is 0.0931. The van der Waals surface area contributed by atoms with Crippen LogP contribution >= 0.6 is 0 Å². The highest BCUT2D eigenvalue weighted by molar-refractivity contribution is 5.92. The van der Waals surface area contributed by atoms with Gasteiger partial charge >= 0.3 is 0 Å². The van der Waals surface area contributed by atoms with Crippen molar-refractivity contribution in [2.24, 2.45) is 0 Å². The molecule has 6 nitrogen and oxygen atoms in total. The second-order valence-corrected chi connectivity index (χ2v) is 4.79. The van der Waals surface area contributed by atoms with Crippen LogP contribution in [0.1, 0.15) is 30.8 Å². The number of carbonyl (C=O) groups is 1. The Morgan fingerprint density at radius 3 is 2.79 bits per heavy atom. The number of nitrogens with one attached hydrogen (secondary N) is 2. The first-order valence-electron chi connectivity index (χ1n) is 6.54. The van der Waals surface area contributed by atoms with Gasteiger partial charge in [-0.25, -0.2) is 4.98 Å². The minimum absolute atomic E-state index is 0.111. The van der Waals surface area contributed by atoms with Crippen molar-refractivity contribution in [2.75, 3.05) is 32.5 Å². The first-order chi connectivity index (χ1) is 9.02. The maximum absolute atomic E-state index is 12.0. The molecule has 1 atom stereocenters. The fourth-order valence-electron chi connectivity index (χ4n) is 1.56. The highest BCUT2D eigenvalue weighted by atomic mass is 16.1. The molecule has 0 radical (unpaired) electrons. The summed E-state index contributed by atoms with van der Waals surface area (Å²) in [6.45, 7) is 5.64. The van der Waals surface area contributed by atoms with E-state index in [1.807, 2.05) is 27.9 Å². The zero-order chi connectivity index (χ0) is 14.3. The van der Waals surface area contributed by atoms with Crippen LogP contribution in [0.25, 0.3) is 0 Å². The number of hydrogen-bond acceptors (Lipinski definition) is 5. The standard InChI is InChI=1S/C13H23N5O/c1-5-15-12-9-14-8-11(17-12)13(19)16-10(2)6-7-18(3)4/h8-10H,5-7H2,1-4H3,(H,15,17)(H,16,19). The molecule has 1 heterocycles. The van der Waals surface area contributed by atoms with E-state index in [0.717, 1.165) is 19.5 Å². The minimum Gasteiger partial charge on any atom is -0.369 e. The number of amides is 1. The summed E-state index contributed by atoms with van der Waals surface area (Å²) >= 11 is 0. The molecule has 0 bridgehead atoms. The van der Waals surface area contributed by atoms with E-state index in [1.165, 1.54) is 6.20 Å². The lowest BCUT2D eigenvalue weighted by Crippen LogP contribution is -2.35. The van der Waals surface area contributed by atoms with E-state index in [4.69, 9.17) is 0 Å². The van der Waals surface area contributed by atoms with Crippen LogP contribution in [0, 0.1) is 0 Å². The van der Waals surface area contributed by atoms with Gasteiger partial charge in [0.05, 0.1) is 12.4 Å². The summed E-state index contributed by atoms with van der Waals surface area (Å²) in [6, 6.07) is 0.111. The molecule has 1 rings (SSSR count). The van der Waals surface area contributed by atoms with E-state index in [0.29, 0.717) is 11.5 Å². The number of hydrogen-bond donors (Lipinski definition) is 2. The first kappa shape index (κ1) is 15.4. The van der Waals surface area contributed by atoms with Gasteiger partial charge in [0.2, 0.25) is 0 Å². The Labute approximate surface area is 114 Å². The van der Waals surface area contributed by atoms with Gasteiger partial charge in [-0.1, -0.05) is 0 Å². The van der Waals surface area contributed by atoms with Gasteiger partial charge in [-0.2, -0.15) is 0 Å². The highest BCUT2D eigenvalue weighted by Crippen LogP contribution is 2.02. The third-order valence-electron chi connectivity index (χ3n) is 2.61. The Hall–Kier alpha value is -1.69. The van der Waals surface area contributed by atoms with Crippen LogP contribution in [0.4, 0.5) is 5.82 Å². The number of anilines is 1. The van der Waals surface area contributed by atoms with E-state index >= 15 is 0 Å². The molecule has 19 heavy (non-hydrogen) atoms. The van der Waals surface area contributed by atoms with Crippen LogP contribution in [0.2, 0.25) is 0 Å². The van der Waals surface area contributed by atoms with Gasteiger partial charge in [0.15, 0.2) is 0 Å². The van der Waals surface area contributed by atoms with Crippen molar-refractivity contribution in [1.82, 2.24) is 20.2 Å². The topological polar surface area (TPSA) is 70.2 Å². The Kier molecular flexibility index (Phi) is 6.21. The summed E-state index contributed by atoms with van der Waals surface area (Å²) in [7, 11) is 4.03. The monoisotopic (exact) mass is 265 g/mol. The van der Waals surface area contributed by atoms with E-state index < -0.39 is 0 Å². The lowest BCUT2D eigenvalue weighted by atomic mass is 10.2. The molecule has 1 amide bonds. The molecule has 0 spiro atoms. The average molecular weight is 265 g/mol. The van der Waals surface area contributed by atoms with Gasteiger partial charge < -0.3 is 15.5 Å². The summed E-state index contributed by atoms with van der Waals surface area (Å²) in [6.07, 6.45) is 3.99. The second-order valence-electron chi connectivity index (χ2n) is 4.79. The third-order valence-corrected chi connectivity index (χ3v) is 2.61. The largest absolute Gasteiger partial charge is 0.369 e. The molecule has 0 aliphatic rings. The van der Waals surface area contributed by atoms with Gasteiger partial charge in [0.1, 0.15) is 11.5 Å². The Bertz CT molecular complexity index is 408. The molecule has 106 valence electrons. The van der Waals surface area contributed by atoms with Crippen molar-refractivity contribution in [3.05, 3.63) is 18.1 Å². The molecule has 2 N–H and O–H groups in total. The molecular formula is C13H23N5O. The molecule has 1 aromatic rings. The van der Waals surface area contributed by atoms with Gasteiger partial charge in [0, 0.05) is 12.6 Å². The van der Waals surface area contributed by atoms with Crippen molar-refractivity contribution in [3.63, 3.8) is 0 Å². The predicted molar refractivity (Wildman–Crippen MR) is 76.3 cm³/mol. The molecule has 0 aromatic carbocycles. The van der Waals surface area contributed by atoms with Crippen molar-refractivity contribution < 1.29 is 4.79 Å². The number of nitrogens with zero attached hydrogens (tertiary/aromatic N) is 3. The number of aromatic nitrogens is 2. The van der Waals surface area contributed by atoms with E-state index in [2.05, 4.69) is 25.5 Å². The number of carbonyl (C=O) groups excluding carboxylic acids is 1. The third kappa shape index (κ3) is 5.65. The fourth-order valence-corrected chi connectivity index (χ4v) is 1.56. The molecule has 1 unspecified atom stereocenters. The van der Waals surface area contributed by atoms with E-state index in [1.54, 1.807) is 6.20 Å². The van der Waals surface area contributed by atoms with Crippen molar-refractivity contribution in [3.8, 4) is 0 Å². The van der Waals surface area contributed by atoms with Gasteiger partial charge in [-0.15, -0.1) is 0 Å². The van der Waals surface area contributed by atoms with Gasteiger partial charge in [0.25, 0.3) is 5.91 Å². The fraction of sp³-hybridized carbons (Fsp3) is 0.615. The summed E-state index contributed by atoms with van der Waals surface area (Å²) in [5.74, 6) is 0.439. The van der Waals surface area contributed by atoms with Crippen molar-refractivity contribution in [2.45, 2.75) is 26.3 Å². The zero-order valence-electron chi connectivity index (χ0n) is 12.1. The molecule has 0 saturated carbocycles. The molecule has 1 aromatic heterocycles. The number of rotatable bonds is 7. The summed E-state index contributed by atoms with van der Waals surface area (Å²) in [5, 5.41) is 5.96. The van der Waals surface area contributed by atoms with E-state index in [9.17, 15) is 4.79 Å². The zero-order valence-corrected chi connectivity index (χ0v) is 12.1. The van der Waals surface area contributed by atoms with Crippen LogP contribution in [0.3, 0.4) is 0 Å². The lowest BCUT2D eigenvalue weighted by Gasteiger charge is -2.16. The summed E-state index contributed by atoms with van der Waals surface area (Å²) in [4.78, 5) is 22.3. The van der Waals surface area contributed by atoms with Gasteiger partial charge in [-0.05, 0) is 40.9 Å². The van der Waals surface area contributed by atoms with Crippen LogP contribution in [0.5, 0.6) is 0 Å². The molecule has 6 heteroatoms. The predicted octanol–water partition coefficient (Wildman–Crippen LogP) is 0.978. The smallest absolute Gasteiger partial charge is 0.271 e.